The number of likely N-dealkylation sites (tertiary alicyclic amines) is 1. The number of hydrogen-bond acceptors (Lipinski definition) is 5. The van der Waals surface area contributed by atoms with Crippen molar-refractivity contribution in [2.75, 3.05) is 13.1 Å². The van der Waals surface area contributed by atoms with Crippen LogP contribution in [0.25, 0.3) is 16.9 Å². The first-order valence-electron chi connectivity index (χ1n) is 10.5. The standard InChI is InChI=1S/C23H25N5O2S/c1-15-24-20(13-27(15)11-17-14-31-16(2)25-17)22-10-19(21-7-3-4-9-28(21)22)23(30)26-8-5-6-18(29)12-26/h3-4,7,9-10,13-14,18,29H,5-6,8,11-12H2,1-2H3. The largest absolute Gasteiger partial charge is 0.391 e. The number of thiazole rings is 1. The molecule has 1 amide bonds. The van der Waals surface area contributed by atoms with Gasteiger partial charge in [0, 0.05) is 30.9 Å². The van der Waals surface area contributed by atoms with E-state index < -0.39 is 6.10 Å². The summed E-state index contributed by atoms with van der Waals surface area (Å²) in [7, 11) is 0. The van der Waals surface area contributed by atoms with Crippen LogP contribution in [0.5, 0.6) is 0 Å². The lowest BCUT2D eigenvalue weighted by molar-refractivity contribution is 0.0475. The topological polar surface area (TPSA) is 75.7 Å². The molecule has 1 aliphatic heterocycles. The minimum absolute atomic E-state index is 0.0391. The lowest BCUT2D eigenvalue weighted by Crippen LogP contribution is -2.42. The Kier molecular flexibility index (Phi) is 5.11. The second-order valence-electron chi connectivity index (χ2n) is 8.11. The Hall–Kier alpha value is -2.97. The molecule has 1 N–H and O–H groups in total. The molecule has 4 aromatic rings. The second-order valence-corrected chi connectivity index (χ2v) is 9.17. The number of β-amino-alcohol motifs (C(OH)–C–C–N with tert-alkyl or cyclic N) is 1. The Morgan fingerprint density at radius 2 is 2.16 bits per heavy atom. The molecule has 0 aromatic carbocycles. The molecule has 5 heterocycles. The fraction of sp³-hybridized carbons (Fsp3) is 0.348. The first-order valence-corrected chi connectivity index (χ1v) is 11.4. The molecule has 1 aliphatic rings. The van der Waals surface area contributed by atoms with Crippen molar-refractivity contribution in [3.63, 3.8) is 0 Å². The van der Waals surface area contributed by atoms with Crippen LogP contribution < -0.4 is 0 Å². The van der Waals surface area contributed by atoms with Crippen LogP contribution in [-0.4, -0.2) is 54.0 Å². The lowest BCUT2D eigenvalue weighted by atomic mass is 10.1. The number of piperidine rings is 1. The number of nitrogens with zero attached hydrogens (tertiary/aromatic N) is 5. The van der Waals surface area contributed by atoms with Gasteiger partial charge in [-0.3, -0.25) is 4.79 Å². The normalized spacial score (nSPS) is 16.9. The quantitative estimate of drug-likeness (QED) is 0.532. The van der Waals surface area contributed by atoms with Crippen LogP contribution in [0.4, 0.5) is 0 Å². The van der Waals surface area contributed by atoms with Crippen molar-refractivity contribution < 1.29 is 9.90 Å². The molecule has 0 saturated carbocycles. The third kappa shape index (κ3) is 3.77. The van der Waals surface area contributed by atoms with Crippen molar-refractivity contribution >= 4 is 22.8 Å². The molecule has 0 radical (unpaired) electrons. The fourth-order valence-electron chi connectivity index (χ4n) is 4.28. The van der Waals surface area contributed by atoms with Crippen molar-refractivity contribution in [3.05, 3.63) is 64.1 Å². The number of aliphatic hydroxyl groups excluding tert-OH is 1. The molecule has 160 valence electrons. The van der Waals surface area contributed by atoms with Gasteiger partial charge >= 0.3 is 0 Å². The Balaban J connectivity index is 1.52. The van der Waals surface area contributed by atoms with Crippen LogP contribution in [0.3, 0.4) is 0 Å². The van der Waals surface area contributed by atoms with Gasteiger partial charge in [0.25, 0.3) is 5.91 Å². The molecule has 0 spiro atoms. The van der Waals surface area contributed by atoms with Gasteiger partial charge in [0.05, 0.1) is 40.1 Å². The van der Waals surface area contributed by atoms with Gasteiger partial charge in [-0.25, -0.2) is 9.97 Å². The summed E-state index contributed by atoms with van der Waals surface area (Å²) in [4.78, 5) is 24.4. The van der Waals surface area contributed by atoms with Gasteiger partial charge in [0.2, 0.25) is 0 Å². The average Bonchev–Trinajstić information content (AvgIpc) is 3.45. The van der Waals surface area contributed by atoms with E-state index in [4.69, 9.17) is 4.98 Å². The zero-order valence-electron chi connectivity index (χ0n) is 17.7. The van der Waals surface area contributed by atoms with Gasteiger partial charge in [-0.2, -0.15) is 0 Å². The molecular weight excluding hydrogens is 410 g/mol. The Morgan fingerprint density at radius 3 is 2.94 bits per heavy atom. The van der Waals surface area contributed by atoms with E-state index >= 15 is 0 Å². The van der Waals surface area contributed by atoms with Crippen LogP contribution in [0.2, 0.25) is 0 Å². The summed E-state index contributed by atoms with van der Waals surface area (Å²) >= 11 is 1.65. The molecule has 5 rings (SSSR count). The molecule has 1 atom stereocenters. The number of carbonyl (C=O) groups excluding carboxylic acids is 1. The molecule has 0 aliphatic carbocycles. The number of aliphatic hydroxyl groups is 1. The number of aryl methyl sites for hydroxylation is 2. The number of fused-ring (bicyclic) bond motifs is 1. The average molecular weight is 436 g/mol. The second kappa shape index (κ2) is 7.94. The molecule has 7 nitrogen and oxygen atoms in total. The third-order valence-corrected chi connectivity index (χ3v) is 6.65. The maximum Gasteiger partial charge on any atom is 0.256 e. The highest BCUT2D eigenvalue weighted by molar-refractivity contribution is 7.09. The summed E-state index contributed by atoms with van der Waals surface area (Å²) in [5.74, 6) is 0.862. The van der Waals surface area contributed by atoms with E-state index in [1.54, 1.807) is 16.2 Å². The summed E-state index contributed by atoms with van der Waals surface area (Å²) < 4.78 is 4.11. The number of carbonyl (C=O) groups is 1. The first kappa shape index (κ1) is 20.0. The number of amides is 1. The molecule has 1 fully saturated rings. The molecule has 0 bridgehead atoms. The van der Waals surface area contributed by atoms with E-state index in [0.717, 1.165) is 46.3 Å². The van der Waals surface area contributed by atoms with Gasteiger partial charge < -0.3 is 19.0 Å². The molecule has 1 saturated heterocycles. The molecular formula is C23H25N5O2S. The van der Waals surface area contributed by atoms with Crippen molar-refractivity contribution in [2.45, 2.75) is 39.3 Å². The van der Waals surface area contributed by atoms with E-state index in [1.165, 1.54) is 0 Å². The van der Waals surface area contributed by atoms with Crippen molar-refractivity contribution in [2.24, 2.45) is 0 Å². The van der Waals surface area contributed by atoms with Crippen LogP contribution in [0.15, 0.2) is 42.0 Å². The molecule has 31 heavy (non-hydrogen) atoms. The molecule has 1 unspecified atom stereocenters. The maximum atomic E-state index is 13.3. The SMILES string of the molecule is Cc1nc(Cn2cc(-c3cc(C(=O)N4CCCC(O)C4)c4ccccn34)nc2C)cs1. The van der Waals surface area contributed by atoms with Gasteiger partial charge in [-0.05, 0) is 44.9 Å². The predicted octanol–water partition coefficient (Wildman–Crippen LogP) is 3.52. The summed E-state index contributed by atoms with van der Waals surface area (Å²) in [6.45, 7) is 5.73. The van der Waals surface area contributed by atoms with E-state index in [0.29, 0.717) is 25.2 Å². The minimum Gasteiger partial charge on any atom is -0.391 e. The monoisotopic (exact) mass is 435 g/mol. The third-order valence-electron chi connectivity index (χ3n) is 5.83. The fourth-order valence-corrected chi connectivity index (χ4v) is 4.88. The number of pyridine rings is 1. The zero-order valence-corrected chi connectivity index (χ0v) is 18.5. The number of imidazole rings is 1. The van der Waals surface area contributed by atoms with Gasteiger partial charge in [0.1, 0.15) is 11.5 Å². The Labute approximate surface area is 184 Å². The first-order chi connectivity index (χ1) is 15.0. The highest BCUT2D eigenvalue weighted by Crippen LogP contribution is 2.28. The summed E-state index contributed by atoms with van der Waals surface area (Å²) in [6, 6.07) is 7.78. The summed E-state index contributed by atoms with van der Waals surface area (Å²) in [5, 5.41) is 13.1. The maximum absolute atomic E-state index is 13.3. The minimum atomic E-state index is -0.446. The van der Waals surface area contributed by atoms with Gasteiger partial charge in [-0.1, -0.05) is 6.07 Å². The zero-order chi connectivity index (χ0) is 21.5. The lowest BCUT2D eigenvalue weighted by Gasteiger charge is -2.30. The van der Waals surface area contributed by atoms with Gasteiger partial charge in [0.15, 0.2) is 0 Å². The van der Waals surface area contributed by atoms with Crippen LogP contribution >= 0.6 is 11.3 Å². The van der Waals surface area contributed by atoms with E-state index in [1.807, 2.05) is 54.9 Å². The van der Waals surface area contributed by atoms with Crippen LogP contribution in [-0.2, 0) is 6.54 Å². The number of rotatable bonds is 4. The Bertz CT molecular complexity index is 1250. The van der Waals surface area contributed by atoms with Gasteiger partial charge in [-0.15, -0.1) is 11.3 Å². The highest BCUT2D eigenvalue weighted by Gasteiger charge is 2.26. The van der Waals surface area contributed by atoms with E-state index in [2.05, 4.69) is 14.9 Å². The highest BCUT2D eigenvalue weighted by atomic mass is 32.1. The van der Waals surface area contributed by atoms with Crippen LogP contribution in [0.1, 0.15) is 39.7 Å². The smallest absolute Gasteiger partial charge is 0.256 e. The summed E-state index contributed by atoms with van der Waals surface area (Å²) in [5.41, 5.74) is 4.22. The Morgan fingerprint density at radius 1 is 1.29 bits per heavy atom. The number of aromatic nitrogens is 4. The van der Waals surface area contributed by atoms with E-state index in [-0.39, 0.29) is 5.91 Å². The summed E-state index contributed by atoms with van der Waals surface area (Å²) in [6.07, 6.45) is 5.12. The van der Waals surface area contributed by atoms with Crippen molar-refractivity contribution in [1.82, 2.24) is 23.8 Å². The van der Waals surface area contributed by atoms with E-state index in [9.17, 15) is 9.90 Å². The number of hydrogen-bond donors (Lipinski definition) is 1. The predicted molar refractivity (Wildman–Crippen MR) is 120 cm³/mol. The van der Waals surface area contributed by atoms with Crippen molar-refractivity contribution in [1.29, 1.82) is 0 Å². The van der Waals surface area contributed by atoms with Crippen LogP contribution in [0, 0.1) is 13.8 Å². The molecule has 4 aromatic heterocycles. The molecule has 8 heteroatoms. The van der Waals surface area contributed by atoms with Crippen molar-refractivity contribution in [3.8, 4) is 11.4 Å².